The van der Waals surface area contributed by atoms with Gasteiger partial charge in [0.25, 0.3) is 0 Å². The van der Waals surface area contributed by atoms with Crippen LogP contribution in [0.25, 0.3) is 0 Å². The SMILES string of the molecule is Cc1cc(NC(=O)CSCc2ccc(Cl)cc2)ccc1N1CCCC1=O. The molecule has 26 heavy (non-hydrogen) atoms. The van der Waals surface area contributed by atoms with E-state index in [1.807, 2.05) is 54.3 Å². The topological polar surface area (TPSA) is 49.4 Å². The fourth-order valence-electron chi connectivity index (χ4n) is 2.98. The van der Waals surface area contributed by atoms with Crippen molar-refractivity contribution in [2.75, 3.05) is 22.5 Å². The third-order valence-electron chi connectivity index (χ3n) is 4.26. The third-order valence-corrected chi connectivity index (χ3v) is 5.52. The lowest BCUT2D eigenvalue weighted by molar-refractivity contribution is -0.117. The maximum atomic E-state index is 12.1. The Labute approximate surface area is 162 Å². The van der Waals surface area contributed by atoms with Gasteiger partial charge in [-0.25, -0.2) is 0 Å². The van der Waals surface area contributed by atoms with Crippen LogP contribution in [0.2, 0.25) is 5.02 Å². The van der Waals surface area contributed by atoms with Crippen molar-refractivity contribution in [1.29, 1.82) is 0 Å². The normalized spacial score (nSPS) is 13.9. The Hall–Kier alpha value is -1.98. The summed E-state index contributed by atoms with van der Waals surface area (Å²) in [4.78, 5) is 25.9. The zero-order chi connectivity index (χ0) is 18.5. The molecule has 0 bridgehead atoms. The molecule has 2 aromatic carbocycles. The Balaban J connectivity index is 1.51. The summed E-state index contributed by atoms with van der Waals surface area (Å²) >= 11 is 7.43. The number of thioether (sulfide) groups is 1. The summed E-state index contributed by atoms with van der Waals surface area (Å²) < 4.78 is 0. The minimum atomic E-state index is -0.0339. The minimum absolute atomic E-state index is 0.0339. The van der Waals surface area contributed by atoms with Crippen molar-refractivity contribution in [1.82, 2.24) is 0 Å². The summed E-state index contributed by atoms with van der Waals surface area (Å²) in [6, 6.07) is 13.3. The molecule has 2 amide bonds. The fraction of sp³-hybridized carbons (Fsp3) is 0.300. The Bertz CT molecular complexity index is 808. The second-order valence-corrected chi connectivity index (χ2v) is 7.74. The van der Waals surface area contributed by atoms with Crippen molar-refractivity contribution < 1.29 is 9.59 Å². The van der Waals surface area contributed by atoms with E-state index in [0.717, 1.165) is 41.2 Å². The summed E-state index contributed by atoms with van der Waals surface area (Å²) in [5.41, 5.74) is 3.83. The first-order chi connectivity index (χ1) is 12.5. The number of halogens is 1. The van der Waals surface area contributed by atoms with Crippen LogP contribution >= 0.6 is 23.4 Å². The Kier molecular flexibility index (Phi) is 6.22. The van der Waals surface area contributed by atoms with Gasteiger partial charge in [0.1, 0.15) is 0 Å². The predicted octanol–water partition coefficient (Wildman–Crippen LogP) is 4.65. The fourth-order valence-corrected chi connectivity index (χ4v) is 3.89. The van der Waals surface area contributed by atoms with Crippen LogP contribution in [0.5, 0.6) is 0 Å². The molecule has 6 heteroatoms. The Morgan fingerprint density at radius 1 is 1.23 bits per heavy atom. The number of aryl methyl sites for hydroxylation is 1. The van der Waals surface area contributed by atoms with Gasteiger partial charge in [0.05, 0.1) is 5.75 Å². The molecule has 3 rings (SSSR count). The lowest BCUT2D eigenvalue weighted by atomic mass is 10.1. The molecule has 0 aromatic heterocycles. The molecule has 1 heterocycles. The van der Waals surface area contributed by atoms with Crippen LogP contribution in [0.4, 0.5) is 11.4 Å². The molecule has 4 nitrogen and oxygen atoms in total. The quantitative estimate of drug-likeness (QED) is 0.783. The van der Waals surface area contributed by atoms with Gasteiger partial charge in [-0.2, -0.15) is 0 Å². The lowest BCUT2D eigenvalue weighted by Crippen LogP contribution is -2.24. The van der Waals surface area contributed by atoms with E-state index in [9.17, 15) is 9.59 Å². The number of amides is 2. The van der Waals surface area contributed by atoms with Crippen LogP contribution in [-0.4, -0.2) is 24.1 Å². The molecule has 0 radical (unpaired) electrons. The number of rotatable bonds is 6. The highest BCUT2D eigenvalue weighted by Gasteiger charge is 2.22. The van der Waals surface area contributed by atoms with Crippen molar-refractivity contribution in [3.05, 3.63) is 58.6 Å². The lowest BCUT2D eigenvalue weighted by Gasteiger charge is -2.19. The van der Waals surface area contributed by atoms with Gasteiger partial charge in [0.2, 0.25) is 11.8 Å². The largest absolute Gasteiger partial charge is 0.325 e. The zero-order valence-electron chi connectivity index (χ0n) is 14.6. The zero-order valence-corrected chi connectivity index (χ0v) is 16.2. The van der Waals surface area contributed by atoms with Crippen molar-refractivity contribution in [3.63, 3.8) is 0 Å². The van der Waals surface area contributed by atoms with Crippen molar-refractivity contribution in [2.45, 2.75) is 25.5 Å². The van der Waals surface area contributed by atoms with Gasteiger partial charge in [-0.1, -0.05) is 23.7 Å². The molecule has 0 spiro atoms. The molecule has 2 aromatic rings. The molecule has 1 fully saturated rings. The van der Waals surface area contributed by atoms with Crippen molar-refractivity contribution in [2.24, 2.45) is 0 Å². The number of nitrogens with zero attached hydrogens (tertiary/aromatic N) is 1. The first kappa shape index (κ1) is 18.8. The van der Waals surface area contributed by atoms with E-state index in [1.54, 1.807) is 11.8 Å². The van der Waals surface area contributed by atoms with Gasteiger partial charge in [0.15, 0.2) is 0 Å². The maximum Gasteiger partial charge on any atom is 0.234 e. The summed E-state index contributed by atoms with van der Waals surface area (Å²) in [6.45, 7) is 2.73. The first-order valence-corrected chi connectivity index (χ1v) is 10.1. The molecule has 0 unspecified atom stereocenters. The molecule has 1 saturated heterocycles. The van der Waals surface area contributed by atoms with E-state index in [2.05, 4.69) is 5.32 Å². The number of nitrogens with one attached hydrogen (secondary N) is 1. The molecule has 1 aliphatic heterocycles. The van der Waals surface area contributed by atoms with Crippen LogP contribution in [0.1, 0.15) is 24.0 Å². The number of hydrogen-bond donors (Lipinski definition) is 1. The van der Waals surface area contributed by atoms with Gasteiger partial charge in [0, 0.05) is 35.1 Å². The summed E-state index contributed by atoms with van der Waals surface area (Å²) in [7, 11) is 0. The average Bonchev–Trinajstić information content (AvgIpc) is 3.03. The van der Waals surface area contributed by atoms with Gasteiger partial charge in [-0.3, -0.25) is 9.59 Å². The predicted molar refractivity (Wildman–Crippen MR) is 109 cm³/mol. The highest BCUT2D eigenvalue weighted by molar-refractivity contribution is 7.99. The highest BCUT2D eigenvalue weighted by Crippen LogP contribution is 2.27. The molecule has 1 aliphatic rings. The van der Waals surface area contributed by atoms with Crippen LogP contribution in [-0.2, 0) is 15.3 Å². The summed E-state index contributed by atoms with van der Waals surface area (Å²) in [5.74, 6) is 1.28. The van der Waals surface area contributed by atoms with E-state index in [4.69, 9.17) is 11.6 Å². The molecule has 0 aliphatic carbocycles. The van der Waals surface area contributed by atoms with Crippen molar-refractivity contribution in [3.8, 4) is 0 Å². The second kappa shape index (κ2) is 8.60. The number of carbonyl (C=O) groups excluding carboxylic acids is 2. The smallest absolute Gasteiger partial charge is 0.234 e. The number of anilines is 2. The monoisotopic (exact) mass is 388 g/mol. The average molecular weight is 389 g/mol. The summed E-state index contributed by atoms with van der Waals surface area (Å²) in [6.07, 6.45) is 1.52. The van der Waals surface area contributed by atoms with E-state index in [0.29, 0.717) is 17.2 Å². The number of carbonyl (C=O) groups is 2. The van der Waals surface area contributed by atoms with Gasteiger partial charge >= 0.3 is 0 Å². The van der Waals surface area contributed by atoms with Gasteiger partial charge < -0.3 is 10.2 Å². The molecular weight excluding hydrogens is 368 g/mol. The first-order valence-electron chi connectivity index (χ1n) is 8.56. The molecule has 0 saturated carbocycles. The molecule has 1 N–H and O–H groups in total. The van der Waals surface area contributed by atoms with Crippen molar-refractivity contribution >= 4 is 46.6 Å². The molecule has 136 valence electrons. The highest BCUT2D eigenvalue weighted by atomic mass is 35.5. The van der Waals surface area contributed by atoms with Crippen LogP contribution in [0.3, 0.4) is 0 Å². The second-order valence-electron chi connectivity index (χ2n) is 6.32. The number of hydrogen-bond acceptors (Lipinski definition) is 3. The Morgan fingerprint density at radius 2 is 2.00 bits per heavy atom. The summed E-state index contributed by atoms with van der Waals surface area (Å²) in [5, 5.41) is 3.64. The molecular formula is C20H21ClN2O2S. The van der Waals surface area contributed by atoms with Gasteiger partial charge in [-0.15, -0.1) is 11.8 Å². The van der Waals surface area contributed by atoms with Crippen LogP contribution in [0.15, 0.2) is 42.5 Å². The van der Waals surface area contributed by atoms with E-state index >= 15 is 0 Å². The van der Waals surface area contributed by atoms with E-state index in [-0.39, 0.29) is 11.8 Å². The van der Waals surface area contributed by atoms with E-state index in [1.165, 1.54) is 0 Å². The Morgan fingerprint density at radius 3 is 2.65 bits per heavy atom. The van der Waals surface area contributed by atoms with Crippen LogP contribution in [0, 0.1) is 6.92 Å². The third kappa shape index (κ3) is 4.80. The maximum absolute atomic E-state index is 12.1. The van der Waals surface area contributed by atoms with E-state index < -0.39 is 0 Å². The minimum Gasteiger partial charge on any atom is -0.325 e. The van der Waals surface area contributed by atoms with Crippen LogP contribution < -0.4 is 10.2 Å². The standard InChI is InChI=1S/C20H21ClN2O2S/c1-14-11-17(8-9-18(14)23-10-2-3-20(23)25)22-19(24)13-26-12-15-4-6-16(21)7-5-15/h4-9,11H,2-3,10,12-13H2,1H3,(H,22,24). The van der Waals surface area contributed by atoms with Gasteiger partial charge in [-0.05, 0) is 54.8 Å². The number of benzene rings is 2. The molecule has 0 atom stereocenters.